The molecule has 2 rings (SSSR count). The summed E-state index contributed by atoms with van der Waals surface area (Å²) in [5.74, 6) is -2.35. The highest BCUT2D eigenvalue weighted by Gasteiger charge is 2.34. The highest BCUT2D eigenvalue weighted by Crippen LogP contribution is 2.31. The van der Waals surface area contributed by atoms with Gasteiger partial charge in [-0.05, 0) is 36.3 Å². The Morgan fingerprint density at radius 1 is 1.32 bits per heavy atom. The first-order valence-electron chi connectivity index (χ1n) is 8.42. The number of rotatable bonds is 6. The molecule has 1 atom stereocenters. The molecule has 1 aromatic rings. The zero-order valence-corrected chi connectivity index (χ0v) is 15.3. The van der Waals surface area contributed by atoms with Crippen molar-refractivity contribution in [3.63, 3.8) is 0 Å². The average molecular weight is 372 g/mol. The van der Waals surface area contributed by atoms with Gasteiger partial charge in [0, 0.05) is 13.1 Å². The highest BCUT2D eigenvalue weighted by molar-refractivity contribution is 7.89. The Bertz CT molecular complexity index is 700. The average Bonchev–Trinajstić information content (AvgIpc) is 2.59. The van der Waals surface area contributed by atoms with Gasteiger partial charge in [0.25, 0.3) is 0 Å². The number of carbonyl (C=O) groups excluding carboxylic acids is 1. The number of carbonyl (C=O) groups is 1. The van der Waals surface area contributed by atoms with Gasteiger partial charge < -0.3 is 0 Å². The molecule has 1 fully saturated rings. The second-order valence-corrected chi connectivity index (χ2v) is 8.81. The van der Waals surface area contributed by atoms with Gasteiger partial charge >= 0.3 is 0 Å². The summed E-state index contributed by atoms with van der Waals surface area (Å²) in [6, 6.07) is 6.57. The largest absolute Gasteiger partial charge is 0.289 e. The van der Waals surface area contributed by atoms with E-state index in [1.807, 2.05) is 0 Å². The van der Waals surface area contributed by atoms with E-state index in [-0.39, 0.29) is 23.4 Å². The van der Waals surface area contributed by atoms with E-state index in [0.717, 1.165) is 0 Å². The van der Waals surface area contributed by atoms with E-state index < -0.39 is 21.8 Å². The van der Waals surface area contributed by atoms with E-state index in [4.69, 9.17) is 5.21 Å². The lowest BCUT2D eigenvalue weighted by molar-refractivity contribution is -0.134. The summed E-state index contributed by atoms with van der Waals surface area (Å²) >= 11 is 0. The van der Waals surface area contributed by atoms with Crippen molar-refractivity contribution in [2.75, 3.05) is 18.8 Å². The SMILES string of the molecule is CC(C)C(CS(=O)(=O)N1CCC(c2ccccc2F)CC1)C(=O)NO. The Balaban J connectivity index is 2.03. The lowest BCUT2D eigenvalue weighted by atomic mass is 9.90. The molecule has 0 saturated carbocycles. The molecule has 140 valence electrons. The fraction of sp³-hybridized carbons (Fsp3) is 0.588. The first-order chi connectivity index (χ1) is 11.8. The number of benzene rings is 1. The third-order valence-electron chi connectivity index (χ3n) is 4.83. The number of nitrogens with one attached hydrogen (secondary N) is 1. The van der Waals surface area contributed by atoms with Crippen LogP contribution in [0.1, 0.15) is 38.2 Å². The molecule has 1 amide bonds. The van der Waals surface area contributed by atoms with Gasteiger partial charge in [0.05, 0.1) is 11.7 Å². The Morgan fingerprint density at radius 2 is 1.92 bits per heavy atom. The first kappa shape index (κ1) is 19.8. The third-order valence-corrected chi connectivity index (χ3v) is 6.77. The maximum Gasteiger partial charge on any atom is 0.247 e. The normalized spacial score (nSPS) is 18.3. The summed E-state index contributed by atoms with van der Waals surface area (Å²) in [7, 11) is -3.63. The minimum Gasteiger partial charge on any atom is -0.289 e. The first-order valence-corrected chi connectivity index (χ1v) is 10.0. The van der Waals surface area contributed by atoms with Crippen LogP contribution in [0.25, 0.3) is 0 Å². The lowest BCUT2D eigenvalue weighted by Gasteiger charge is -2.32. The molecule has 1 unspecified atom stereocenters. The van der Waals surface area contributed by atoms with Crippen molar-refractivity contribution in [2.45, 2.75) is 32.6 Å². The number of amides is 1. The molecule has 25 heavy (non-hydrogen) atoms. The predicted octanol–water partition coefficient (Wildman–Crippen LogP) is 2.11. The number of halogens is 1. The molecule has 1 aliphatic heterocycles. The number of piperidine rings is 1. The molecule has 0 aromatic heterocycles. The molecular weight excluding hydrogens is 347 g/mol. The van der Waals surface area contributed by atoms with Crippen molar-refractivity contribution in [1.29, 1.82) is 0 Å². The summed E-state index contributed by atoms with van der Waals surface area (Å²) in [4.78, 5) is 11.7. The van der Waals surface area contributed by atoms with Crippen LogP contribution in [0.4, 0.5) is 4.39 Å². The summed E-state index contributed by atoms with van der Waals surface area (Å²) < 4.78 is 40.5. The fourth-order valence-corrected chi connectivity index (χ4v) is 5.21. The molecule has 1 aromatic carbocycles. The van der Waals surface area contributed by atoms with Gasteiger partial charge in [-0.15, -0.1) is 0 Å². The fourth-order valence-electron chi connectivity index (χ4n) is 3.24. The van der Waals surface area contributed by atoms with Crippen LogP contribution in [-0.2, 0) is 14.8 Å². The van der Waals surface area contributed by atoms with Crippen molar-refractivity contribution in [1.82, 2.24) is 9.79 Å². The monoisotopic (exact) mass is 372 g/mol. The smallest absolute Gasteiger partial charge is 0.247 e. The molecule has 0 spiro atoms. The van der Waals surface area contributed by atoms with Gasteiger partial charge in [0.2, 0.25) is 15.9 Å². The van der Waals surface area contributed by atoms with Crippen LogP contribution < -0.4 is 5.48 Å². The molecule has 1 aliphatic rings. The van der Waals surface area contributed by atoms with Crippen LogP contribution >= 0.6 is 0 Å². The van der Waals surface area contributed by atoms with Crippen LogP contribution in [0.15, 0.2) is 24.3 Å². The van der Waals surface area contributed by atoms with Crippen LogP contribution in [-0.4, -0.2) is 42.7 Å². The minimum atomic E-state index is -3.63. The van der Waals surface area contributed by atoms with Crippen molar-refractivity contribution in [3.8, 4) is 0 Å². The number of sulfonamides is 1. The maximum atomic E-state index is 13.9. The topological polar surface area (TPSA) is 86.7 Å². The Morgan fingerprint density at radius 3 is 2.44 bits per heavy atom. The third kappa shape index (κ3) is 4.77. The van der Waals surface area contributed by atoms with Gasteiger partial charge in [0.1, 0.15) is 5.82 Å². The minimum absolute atomic E-state index is 0.00529. The standard InChI is InChI=1S/C17H25FN2O4S/c1-12(2)15(17(21)19-22)11-25(23,24)20-9-7-13(8-10-20)14-5-3-4-6-16(14)18/h3-6,12-13,15,22H,7-11H2,1-2H3,(H,19,21). The van der Waals surface area contributed by atoms with Crippen molar-refractivity contribution in [2.24, 2.45) is 11.8 Å². The van der Waals surface area contributed by atoms with E-state index in [1.165, 1.54) is 10.4 Å². The van der Waals surface area contributed by atoms with E-state index in [9.17, 15) is 17.6 Å². The summed E-state index contributed by atoms with van der Waals surface area (Å²) in [6.07, 6.45) is 1.08. The van der Waals surface area contributed by atoms with Crippen molar-refractivity contribution < 1.29 is 22.8 Å². The molecule has 2 N–H and O–H groups in total. The highest BCUT2D eigenvalue weighted by atomic mass is 32.2. The summed E-state index contributed by atoms with van der Waals surface area (Å²) in [6.45, 7) is 4.07. The zero-order valence-electron chi connectivity index (χ0n) is 14.5. The molecule has 0 radical (unpaired) electrons. The number of nitrogens with zero attached hydrogens (tertiary/aromatic N) is 1. The van der Waals surface area contributed by atoms with Gasteiger partial charge in [-0.2, -0.15) is 0 Å². The molecule has 8 heteroatoms. The van der Waals surface area contributed by atoms with E-state index in [2.05, 4.69) is 0 Å². The van der Waals surface area contributed by atoms with E-state index in [1.54, 1.807) is 37.5 Å². The van der Waals surface area contributed by atoms with Gasteiger partial charge in [-0.25, -0.2) is 22.6 Å². The van der Waals surface area contributed by atoms with Crippen molar-refractivity contribution >= 4 is 15.9 Å². The second-order valence-electron chi connectivity index (χ2n) is 6.80. The van der Waals surface area contributed by atoms with Crippen LogP contribution in [0.3, 0.4) is 0 Å². The summed E-state index contributed by atoms with van der Waals surface area (Å²) in [5.41, 5.74) is 2.17. The lowest BCUT2D eigenvalue weighted by Crippen LogP contribution is -2.44. The second kappa shape index (κ2) is 8.25. The molecule has 1 saturated heterocycles. The van der Waals surface area contributed by atoms with Crippen LogP contribution in [0.5, 0.6) is 0 Å². The van der Waals surface area contributed by atoms with Gasteiger partial charge in [0.15, 0.2) is 0 Å². The Kier molecular flexibility index (Phi) is 6.53. The van der Waals surface area contributed by atoms with E-state index >= 15 is 0 Å². The molecular formula is C17H25FN2O4S. The molecule has 0 bridgehead atoms. The number of hydroxylamine groups is 1. The number of hydrogen-bond donors (Lipinski definition) is 2. The zero-order chi connectivity index (χ0) is 18.6. The van der Waals surface area contributed by atoms with Gasteiger partial charge in [-0.1, -0.05) is 32.0 Å². The number of hydrogen-bond acceptors (Lipinski definition) is 4. The van der Waals surface area contributed by atoms with Crippen molar-refractivity contribution in [3.05, 3.63) is 35.6 Å². The van der Waals surface area contributed by atoms with E-state index in [0.29, 0.717) is 31.5 Å². The maximum absolute atomic E-state index is 13.9. The van der Waals surface area contributed by atoms with Crippen LogP contribution in [0, 0.1) is 17.7 Å². The van der Waals surface area contributed by atoms with Crippen LogP contribution in [0.2, 0.25) is 0 Å². The van der Waals surface area contributed by atoms with Gasteiger partial charge in [-0.3, -0.25) is 10.0 Å². The Labute approximate surface area is 148 Å². The quantitative estimate of drug-likeness (QED) is 0.591. The summed E-state index contributed by atoms with van der Waals surface area (Å²) in [5, 5.41) is 8.80. The molecule has 6 nitrogen and oxygen atoms in total. The Hall–Kier alpha value is -1.51. The predicted molar refractivity (Wildman–Crippen MR) is 92.0 cm³/mol. The molecule has 0 aliphatic carbocycles. The molecule has 1 heterocycles.